The largest absolute Gasteiger partial charge is 0.352 e. The number of fused-ring (bicyclic) bond motifs is 1. The average Bonchev–Trinajstić information content (AvgIpc) is 3.31. The molecule has 0 aromatic carbocycles. The van der Waals surface area contributed by atoms with E-state index in [0.717, 1.165) is 27.3 Å². The molecule has 4 aromatic rings. The zero-order valence-electron chi connectivity index (χ0n) is 15.1. The highest BCUT2D eigenvalue weighted by Gasteiger charge is 2.19. The summed E-state index contributed by atoms with van der Waals surface area (Å²) >= 11 is 1.60. The summed E-state index contributed by atoms with van der Waals surface area (Å²) in [5.41, 5.74) is 3.86. The highest BCUT2D eigenvalue weighted by atomic mass is 32.1. The van der Waals surface area contributed by atoms with Crippen molar-refractivity contribution in [3.8, 4) is 10.6 Å². The monoisotopic (exact) mass is 377 g/mol. The fourth-order valence-electron chi connectivity index (χ4n) is 3.12. The minimum Gasteiger partial charge on any atom is -0.352 e. The molecule has 0 saturated heterocycles. The van der Waals surface area contributed by atoms with E-state index >= 15 is 0 Å². The fraction of sp³-hybridized carbons (Fsp3) is 0.200. The second-order valence-corrected chi connectivity index (χ2v) is 7.21. The molecule has 0 fully saturated rings. The number of hydrogen-bond donors (Lipinski definition) is 1. The van der Waals surface area contributed by atoms with Gasteiger partial charge in [0.05, 0.1) is 27.2 Å². The van der Waals surface area contributed by atoms with E-state index in [1.54, 1.807) is 22.2 Å². The molecule has 0 bridgehead atoms. The first-order chi connectivity index (χ1) is 13.1. The van der Waals surface area contributed by atoms with Gasteiger partial charge in [0.1, 0.15) is 0 Å². The van der Waals surface area contributed by atoms with Crippen molar-refractivity contribution in [3.05, 3.63) is 64.9 Å². The third kappa shape index (κ3) is 3.46. The van der Waals surface area contributed by atoms with Crippen LogP contribution in [0.3, 0.4) is 0 Å². The van der Waals surface area contributed by atoms with Crippen molar-refractivity contribution in [1.82, 2.24) is 25.1 Å². The lowest BCUT2D eigenvalue weighted by atomic mass is 10.1. The normalized spacial score (nSPS) is 11.0. The molecule has 0 aliphatic heterocycles. The molecule has 0 unspecified atom stereocenters. The predicted octanol–water partition coefficient (Wildman–Crippen LogP) is 3.37. The zero-order chi connectivity index (χ0) is 18.8. The third-order valence-electron chi connectivity index (χ3n) is 4.38. The van der Waals surface area contributed by atoms with E-state index < -0.39 is 0 Å². The summed E-state index contributed by atoms with van der Waals surface area (Å²) < 4.78 is 1.73. The van der Waals surface area contributed by atoms with E-state index in [9.17, 15) is 4.79 Å². The van der Waals surface area contributed by atoms with Gasteiger partial charge in [-0.25, -0.2) is 4.98 Å². The Balaban J connectivity index is 1.66. The summed E-state index contributed by atoms with van der Waals surface area (Å²) in [7, 11) is 1.85. The Morgan fingerprint density at radius 1 is 1.26 bits per heavy atom. The molecule has 7 heteroatoms. The maximum absolute atomic E-state index is 12.9. The SMILES string of the molecule is Cc1nn(C)c2nc(-c3cccs3)cc(C(=O)NCCc3ccccn3)c12. The Morgan fingerprint density at radius 2 is 2.15 bits per heavy atom. The highest BCUT2D eigenvalue weighted by molar-refractivity contribution is 7.13. The van der Waals surface area contributed by atoms with Gasteiger partial charge in [0.15, 0.2) is 5.65 Å². The van der Waals surface area contributed by atoms with E-state index in [1.165, 1.54) is 0 Å². The van der Waals surface area contributed by atoms with Crippen LogP contribution in [0.15, 0.2) is 48.0 Å². The molecule has 0 aliphatic carbocycles. The number of pyridine rings is 2. The van der Waals surface area contributed by atoms with Crippen molar-refractivity contribution < 1.29 is 4.79 Å². The van der Waals surface area contributed by atoms with Crippen molar-refractivity contribution in [3.63, 3.8) is 0 Å². The van der Waals surface area contributed by atoms with E-state index in [2.05, 4.69) is 15.4 Å². The van der Waals surface area contributed by atoms with Gasteiger partial charge in [-0.2, -0.15) is 5.10 Å². The quantitative estimate of drug-likeness (QED) is 0.579. The van der Waals surface area contributed by atoms with Crippen LogP contribution in [0, 0.1) is 6.92 Å². The number of amides is 1. The van der Waals surface area contributed by atoms with Crippen LogP contribution in [0.2, 0.25) is 0 Å². The average molecular weight is 377 g/mol. The maximum atomic E-state index is 12.9. The Hall–Kier alpha value is -3.06. The fourth-order valence-corrected chi connectivity index (χ4v) is 3.81. The Kier molecular flexibility index (Phi) is 4.68. The molecule has 1 N–H and O–H groups in total. The van der Waals surface area contributed by atoms with E-state index in [0.29, 0.717) is 24.2 Å². The molecular formula is C20H19N5OS. The molecule has 4 rings (SSSR count). The summed E-state index contributed by atoms with van der Waals surface area (Å²) in [5.74, 6) is -0.118. The number of thiophene rings is 1. The number of aryl methyl sites for hydroxylation is 2. The number of nitrogens with one attached hydrogen (secondary N) is 1. The summed E-state index contributed by atoms with van der Waals surface area (Å²) in [6.07, 6.45) is 2.44. The minimum absolute atomic E-state index is 0.118. The Labute approximate surface area is 160 Å². The Morgan fingerprint density at radius 3 is 2.89 bits per heavy atom. The minimum atomic E-state index is -0.118. The number of rotatable bonds is 5. The van der Waals surface area contributed by atoms with Crippen LogP contribution in [-0.4, -0.2) is 32.2 Å². The van der Waals surface area contributed by atoms with Crippen molar-refractivity contribution in [1.29, 1.82) is 0 Å². The van der Waals surface area contributed by atoms with Gasteiger partial charge < -0.3 is 5.32 Å². The molecule has 0 saturated carbocycles. The lowest BCUT2D eigenvalue weighted by Crippen LogP contribution is -2.26. The lowest BCUT2D eigenvalue weighted by Gasteiger charge is -2.08. The van der Waals surface area contributed by atoms with Crippen LogP contribution in [0.1, 0.15) is 21.7 Å². The molecule has 0 radical (unpaired) electrons. The van der Waals surface area contributed by atoms with Crippen LogP contribution < -0.4 is 5.32 Å². The number of nitrogens with zero attached hydrogens (tertiary/aromatic N) is 4. The second-order valence-electron chi connectivity index (χ2n) is 6.27. The standard InChI is InChI=1S/C20H19N5OS/c1-13-18-15(20(26)22-10-8-14-6-3-4-9-21-14)12-16(17-7-5-11-27-17)23-19(18)25(2)24-13/h3-7,9,11-12H,8,10H2,1-2H3,(H,22,26). The van der Waals surface area contributed by atoms with Crippen LogP contribution in [-0.2, 0) is 13.5 Å². The van der Waals surface area contributed by atoms with Gasteiger partial charge in [0.25, 0.3) is 5.91 Å². The highest BCUT2D eigenvalue weighted by Crippen LogP contribution is 2.29. The predicted molar refractivity (Wildman–Crippen MR) is 107 cm³/mol. The number of carbonyl (C=O) groups is 1. The molecular weight excluding hydrogens is 358 g/mol. The maximum Gasteiger partial charge on any atom is 0.252 e. The number of hydrogen-bond acceptors (Lipinski definition) is 5. The molecule has 0 aliphatic rings. The van der Waals surface area contributed by atoms with E-state index in [1.807, 2.05) is 55.7 Å². The Bertz CT molecular complexity index is 1090. The molecule has 0 spiro atoms. The molecule has 4 heterocycles. The number of aromatic nitrogens is 4. The number of carbonyl (C=O) groups excluding carboxylic acids is 1. The second kappa shape index (κ2) is 7.28. The van der Waals surface area contributed by atoms with Gasteiger partial charge in [0.2, 0.25) is 0 Å². The summed E-state index contributed by atoms with van der Waals surface area (Å²) in [6.45, 7) is 2.42. The lowest BCUT2D eigenvalue weighted by molar-refractivity contribution is 0.0955. The molecule has 136 valence electrons. The summed E-state index contributed by atoms with van der Waals surface area (Å²) in [4.78, 5) is 23.0. The van der Waals surface area contributed by atoms with Gasteiger partial charge >= 0.3 is 0 Å². The summed E-state index contributed by atoms with van der Waals surface area (Å²) in [5, 5.41) is 10.3. The van der Waals surface area contributed by atoms with E-state index in [4.69, 9.17) is 4.98 Å². The van der Waals surface area contributed by atoms with Crippen molar-refractivity contribution >= 4 is 28.3 Å². The van der Waals surface area contributed by atoms with Crippen molar-refractivity contribution in [2.45, 2.75) is 13.3 Å². The summed E-state index contributed by atoms with van der Waals surface area (Å²) in [6, 6.07) is 11.6. The smallest absolute Gasteiger partial charge is 0.252 e. The van der Waals surface area contributed by atoms with Crippen molar-refractivity contribution in [2.24, 2.45) is 7.05 Å². The van der Waals surface area contributed by atoms with Crippen LogP contribution in [0.25, 0.3) is 21.6 Å². The van der Waals surface area contributed by atoms with Crippen LogP contribution >= 0.6 is 11.3 Å². The van der Waals surface area contributed by atoms with Crippen LogP contribution in [0.5, 0.6) is 0 Å². The van der Waals surface area contributed by atoms with Gasteiger partial charge in [0, 0.05) is 31.9 Å². The molecule has 1 amide bonds. The van der Waals surface area contributed by atoms with Gasteiger partial charge in [-0.05, 0) is 36.6 Å². The molecule has 6 nitrogen and oxygen atoms in total. The zero-order valence-corrected chi connectivity index (χ0v) is 16.0. The first-order valence-electron chi connectivity index (χ1n) is 8.70. The third-order valence-corrected chi connectivity index (χ3v) is 5.27. The first-order valence-corrected chi connectivity index (χ1v) is 9.58. The topological polar surface area (TPSA) is 72.7 Å². The van der Waals surface area contributed by atoms with E-state index in [-0.39, 0.29) is 5.91 Å². The molecule has 4 aromatic heterocycles. The van der Waals surface area contributed by atoms with Crippen molar-refractivity contribution in [2.75, 3.05) is 6.54 Å². The first kappa shape index (κ1) is 17.4. The molecule has 27 heavy (non-hydrogen) atoms. The van der Waals surface area contributed by atoms with Gasteiger partial charge in [-0.3, -0.25) is 14.5 Å². The van der Waals surface area contributed by atoms with Gasteiger partial charge in [-0.1, -0.05) is 12.1 Å². The molecule has 0 atom stereocenters. The van der Waals surface area contributed by atoms with Gasteiger partial charge in [-0.15, -0.1) is 11.3 Å². The van der Waals surface area contributed by atoms with Crippen LogP contribution in [0.4, 0.5) is 0 Å².